The van der Waals surface area contributed by atoms with Crippen LogP contribution >= 0.6 is 0 Å². The van der Waals surface area contributed by atoms with Gasteiger partial charge < -0.3 is 5.32 Å². The Morgan fingerprint density at radius 3 is 2.73 bits per heavy atom. The van der Waals surface area contributed by atoms with Gasteiger partial charge >= 0.3 is 0 Å². The van der Waals surface area contributed by atoms with Crippen molar-refractivity contribution in [1.29, 1.82) is 0 Å². The molecular formula is C14H21N. The summed E-state index contributed by atoms with van der Waals surface area (Å²) in [5, 5.41) is 3.61. The van der Waals surface area contributed by atoms with E-state index in [1.165, 1.54) is 50.6 Å². The monoisotopic (exact) mass is 203 g/mol. The molecule has 0 aromatic heterocycles. The van der Waals surface area contributed by atoms with Gasteiger partial charge in [0.05, 0.1) is 0 Å². The van der Waals surface area contributed by atoms with Gasteiger partial charge in [0.25, 0.3) is 0 Å². The Kier molecular flexibility index (Phi) is 4.22. The van der Waals surface area contributed by atoms with Crippen LogP contribution in [0.2, 0.25) is 0 Å². The van der Waals surface area contributed by atoms with Crippen LogP contribution in [0, 0.1) is 0 Å². The summed E-state index contributed by atoms with van der Waals surface area (Å²) in [5.74, 6) is 0. The molecule has 2 rings (SSSR count). The molecule has 0 aliphatic carbocycles. The highest BCUT2D eigenvalue weighted by molar-refractivity contribution is 5.14. The standard InChI is InChI=1S/C14H21N/c1-2-7-13(8-3-1)9-6-11-14-10-4-5-12-15-14/h1-3,7-8,14-15H,4-6,9-12H2/t14-/m1/s1. The van der Waals surface area contributed by atoms with E-state index in [-0.39, 0.29) is 0 Å². The minimum absolute atomic E-state index is 0.794. The Hall–Kier alpha value is -0.820. The maximum atomic E-state index is 3.61. The molecule has 1 heteroatoms. The number of nitrogens with one attached hydrogen (secondary N) is 1. The molecule has 0 amide bonds. The lowest BCUT2D eigenvalue weighted by molar-refractivity contribution is 0.376. The lowest BCUT2D eigenvalue weighted by atomic mass is 9.98. The molecule has 82 valence electrons. The van der Waals surface area contributed by atoms with Crippen molar-refractivity contribution in [2.45, 2.75) is 44.6 Å². The normalized spacial score (nSPS) is 21.5. The highest BCUT2D eigenvalue weighted by Crippen LogP contribution is 2.13. The Morgan fingerprint density at radius 1 is 1.13 bits per heavy atom. The van der Waals surface area contributed by atoms with Crippen LogP contribution in [0.1, 0.15) is 37.7 Å². The van der Waals surface area contributed by atoms with E-state index >= 15 is 0 Å². The van der Waals surface area contributed by atoms with E-state index in [0.717, 1.165) is 6.04 Å². The van der Waals surface area contributed by atoms with E-state index in [1.54, 1.807) is 0 Å². The molecule has 0 bridgehead atoms. The SMILES string of the molecule is c1ccc(CCC[C@H]2CCCCN2)cc1. The fourth-order valence-corrected chi connectivity index (χ4v) is 2.37. The van der Waals surface area contributed by atoms with Gasteiger partial charge in [0.15, 0.2) is 0 Å². The fraction of sp³-hybridized carbons (Fsp3) is 0.571. The molecule has 0 saturated carbocycles. The molecule has 1 atom stereocenters. The second-order valence-electron chi connectivity index (χ2n) is 4.52. The van der Waals surface area contributed by atoms with Crippen molar-refractivity contribution in [2.75, 3.05) is 6.54 Å². The van der Waals surface area contributed by atoms with E-state index in [4.69, 9.17) is 0 Å². The Bertz CT molecular complexity index is 262. The highest BCUT2D eigenvalue weighted by Gasteiger charge is 2.11. The van der Waals surface area contributed by atoms with E-state index in [1.807, 2.05) is 0 Å². The number of aryl methyl sites for hydroxylation is 1. The van der Waals surface area contributed by atoms with Crippen LogP contribution < -0.4 is 5.32 Å². The van der Waals surface area contributed by atoms with Gasteiger partial charge in [-0.25, -0.2) is 0 Å². The smallest absolute Gasteiger partial charge is 0.00671 e. The maximum Gasteiger partial charge on any atom is 0.00671 e. The van der Waals surface area contributed by atoms with Gasteiger partial charge in [0, 0.05) is 6.04 Å². The zero-order valence-corrected chi connectivity index (χ0v) is 9.41. The van der Waals surface area contributed by atoms with Gasteiger partial charge in [-0.05, 0) is 44.2 Å². The summed E-state index contributed by atoms with van der Waals surface area (Å²) < 4.78 is 0. The average Bonchev–Trinajstić information content (AvgIpc) is 2.32. The second-order valence-corrected chi connectivity index (χ2v) is 4.52. The van der Waals surface area contributed by atoms with Crippen molar-refractivity contribution in [2.24, 2.45) is 0 Å². The van der Waals surface area contributed by atoms with Crippen LogP contribution in [0.5, 0.6) is 0 Å². The first kappa shape index (κ1) is 10.7. The van der Waals surface area contributed by atoms with Crippen LogP contribution in [0.4, 0.5) is 0 Å². The second kappa shape index (κ2) is 5.92. The Labute approximate surface area is 92.9 Å². The summed E-state index contributed by atoms with van der Waals surface area (Å²) in [6, 6.07) is 11.6. The quantitative estimate of drug-likeness (QED) is 0.792. The highest BCUT2D eigenvalue weighted by atomic mass is 14.9. The van der Waals surface area contributed by atoms with Crippen molar-refractivity contribution in [1.82, 2.24) is 5.32 Å². The van der Waals surface area contributed by atoms with Crippen LogP contribution in [0.15, 0.2) is 30.3 Å². The summed E-state index contributed by atoms with van der Waals surface area (Å²) in [6.07, 6.45) is 8.07. The maximum absolute atomic E-state index is 3.61. The molecule has 1 aliphatic rings. The van der Waals surface area contributed by atoms with Crippen molar-refractivity contribution >= 4 is 0 Å². The van der Waals surface area contributed by atoms with Crippen LogP contribution in [0.3, 0.4) is 0 Å². The predicted molar refractivity (Wildman–Crippen MR) is 65.0 cm³/mol. The van der Waals surface area contributed by atoms with Gasteiger partial charge in [0.2, 0.25) is 0 Å². The fourth-order valence-electron chi connectivity index (χ4n) is 2.37. The van der Waals surface area contributed by atoms with Crippen LogP contribution in [0.25, 0.3) is 0 Å². The molecule has 1 aromatic rings. The van der Waals surface area contributed by atoms with Crippen molar-refractivity contribution in [3.05, 3.63) is 35.9 Å². The van der Waals surface area contributed by atoms with E-state index in [9.17, 15) is 0 Å². The molecule has 1 aliphatic heterocycles. The zero-order valence-electron chi connectivity index (χ0n) is 9.41. The first-order valence-electron chi connectivity index (χ1n) is 6.22. The third-order valence-corrected chi connectivity index (χ3v) is 3.27. The van der Waals surface area contributed by atoms with Gasteiger partial charge in [-0.1, -0.05) is 36.8 Å². The number of rotatable bonds is 4. The summed E-state index contributed by atoms with van der Waals surface area (Å²) in [5.41, 5.74) is 1.48. The minimum Gasteiger partial charge on any atom is -0.314 e. The number of piperidine rings is 1. The first-order valence-corrected chi connectivity index (χ1v) is 6.22. The van der Waals surface area contributed by atoms with Crippen LogP contribution in [-0.4, -0.2) is 12.6 Å². The van der Waals surface area contributed by atoms with Crippen LogP contribution in [-0.2, 0) is 6.42 Å². The third kappa shape index (κ3) is 3.67. The van der Waals surface area contributed by atoms with E-state index in [2.05, 4.69) is 35.6 Å². The van der Waals surface area contributed by atoms with Crippen molar-refractivity contribution in [3.63, 3.8) is 0 Å². The predicted octanol–water partition coefficient (Wildman–Crippen LogP) is 3.15. The summed E-state index contributed by atoms with van der Waals surface area (Å²) >= 11 is 0. The molecule has 1 aromatic carbocycles. The van der Waals surface area contributed by atoms with Gasteiger partial charge in [-0.15, -0.1) is 0 Å². The van der Waals surface area contributed by atoms with E-state index < -0.39 is 0 Å². The van der Waals surface area contributed by atoms with Gasteiger partial charge in [0.1, 0.15) is 0 Å². The average molecular weight is 203 g/mol. The first-order chi connectivity index (χ1) is 7.45. The minimum atomic E-state index is 0.794. The number of benzene rings is 1. The molecule has 0 unspecified atom stereocenters. The largest absolute Gasteiger partial charge is 0.314 e. The molecule has 1 saturated heterocycles. The molecule has 0 radical (unpaired) electrons. The Morgan fingerprint density at radius 2 is 2.00 bits per heavy atom. The topological polar surface area (TPSA) is 12.0 Å². The molecule has 0 spiro atoms. The molecule has 1 fully saturated rings. The lowest BCUT2D eigenvalue weighted by Gasteiger charge is -2.23. The summed E-state index contributed by atoms with van der Waals surface area (Å²) in [7, 11) is 0. The van der Waals surface area contributed by atoms with Crippen molar-refractivity contribution < 1.29 is 0 Å². The molecular weight excluding hydrogens is 182 g/mol. The molecule has 1 heterocycles. The van der Waals surface area contributed by atoms with Gasteiger partial charge in [-0.2, -0.15) is 0 Å². The lowest BCUT2D eigenvalue weighted by Crippen LogP contribution is -2.33. The van der Waals surface area contributed by atoms with E-state index in [0.29, 0.717) is 0 Å². The summed E-state index contributed by atoms with van der Waals surface area (Å²) in [4.78, 5) is 0. The number of hydrogen-bond donors (Lipinski definition) is 1. The third-order valence-electron chi connectivity index (χ3n) is 3.27. The zero-order chi connectivity index (χ0) is 10.3. The molecule has 1 nitrogen and oxygen atoms in total. The number of hydrogen-bond acceptors (Lipinski definition) is 1. The van der Waals surface area contributed by atoms with Crippen molar-refractivity contribution in [3.8, 4) is 0 Å². The molecule has 15 heavy (non-hydrogen) atoms. The van der Waals surface area contributed by atoms with Gasteiger partial charge in [-0.3, -0.25) is 0 Å². The molecule has 1 N–H and O–H groups in total. The summed E-state index contributed by atoms with van der Waals surface area (Å²) in [6.45, 7) is 1.23. The Balaban J connectivity index is 1.66.